The lowest BCUT2D eigenvalue weighted by atomic mass is 9.91. The van der Waals surface area contributed by atoms with Gasteiger partial charge < -0.3 is 9.47 Å². The average molecular weight is 296 g/mol. The molecule has 2 aromatic rings. The van der Waals surface area contributed by atoms with Crippen LogP contribution in [0.2, 0.25) is 0 Å². The number of ether oxygens (including phenoxy) is 2. The third-order valence-corrected chi connectivity index (χ3v) is 4.29. The Kier molecular flexibility index (Phi) is 3.88. The van der Waals surface area contributed by atoms with E-state index in [1.54, 1.807) is 14.2 Å². The summed E-state index contributed by atoms with van der Waals surface area (Å²) in [4.78, 5) is 0. The third kappa shape index (κ3) is 2.47. The van der Waals surface area contributed by atoms with Gasteiger partial charge >= 0.3 is 0 Å². The Labute approximate surface area is 131 Å². The summed E-state index contributed by atoms with van der Waals surface area (Å²) in [5.41, 5.74) is 6.31. The molecule has 1 heterocycles. The molecule has 0 saturated heterocycles. The van der Waals surface area contributed by atoms with Crippen molar-refractivity contribution in [1.29, 1.82) is 0 Å². The summed E-state index contributed by atoms with van der Waals surface area (Å²) in [5.74, 6) is 1.58. The van der Waals surface area contributed by atoms with Crippen LogP contribution in [0.15, 0.2) is 36.4 Å². The van der Waals surface area contributed by atoms with Gasteiger partial charge in [0.2, 0.25) is 5.71 Å². The molecule has 3 rings (SSSR count). The Morgan fingerprint density at radius 1 is 0.955 bits per heavy atom. The largest absolute Gasteiger partial charge is 0.493 e. The topological polar surface area (TPSA) is 21.5 Å². The van der Waals surface area contributed by atoms with E-state index >= 15 is 0 Å². The molecule has 0 amide bonds. The van der Waals surface area contributed by atoms with Gasteiger partial charge in [-0.15, -0.1) is 0 Å². The summed E-state index contributed by atoms with van der Waals surface area (Å²) in [7, 11) is 5.51. The fraction of sp³-hybridized carbons (Fsp3) is 0.316. The molecule has 1 aliphatic rings. The zero-order chi connectivity index (χ0) is 15.7. The maximum atomic E-state index is 5.48. The minimum Gasteiger partial charge on any atom is -0.493 e. The second-order valence-corrected chi connectivity index (χ2v) is 5.75. The fourth-order valence-electron chi connectivity index (χ4n) is 3.04. The number of rotatable bonds is 3. The molecule has 1 aliphatic heterocycles. The van der Waals surface area contributed by atoms with Crippen molar-refractivity contribution in [3.05, 3.63) is 58.7 Å². The number of hydrogen-bond acceptors (Lipinski definition) is 2. The van der Waals surface area contributed by atoms with Crippen LogP contribution in [-0.4, -0.2) is 38.1 Å². The molecule has 0 aliphatic carbocycles. The maximum Gasteiger partial charge on any atom is 0.214 e. The SMILES string of the molecule is COc1cc2c(cc1OC)C(c1ccc(C)cc1)=[N+](C)CC2. The average Bonchev–Trinajstić information content (AvgIpc) is 2.54. The van der Waals surface area contributed by atoms with E-state index in [2.05, 4.69) is 54.9 Å². The Balaban J connectivity index is 2.18. The van der Waals surface area contributed by atoms with Gasteiger partial charge in [0, 0.05) is 12.0 Å². The second kappa shape index (κ2) is 5.84. The minimum atomic E-state index is 0.779. The minimum absolute atomic E-state index is 0.779. The third-order valence-electron chi connectivity index (χ3n) is 4.29. The highest BCUT2D eigenvalue weighted by Crippen LogP contribution is 2.33. The van der Waals surface area contributed by atoms with Crippen LogP contribution in [-0.2, 0) is 6.42 Å². The summed E-state index contributed by atoms with van der Waals surface area (Å²) in [5, 5.41) is 0. The van der Waals surface area contributed by atoms with E-state index in [1.807, 2.05) is 0 Å². The zero-order valence-electron chi connectivity index (χ0n) is 13.6. The lowest BCUT2D eigenvalue weighted by Crippen LogP contribution is -2.28. The van der Waals surface area contributed by atoms with E-state index in [-0.39, 0.29) is 0 Å². The molecule has 0 spiro atoms. The van der Waals surface area contributed by atoms with Gasteiger partial charge in [0.25, 0.3) is 0 Å². The Morgan fingerprint density at radius 2 is 1.59 bits per heavy atom. The van der Waals surface area contributed by atoms with Crippen LogP contribution >= 0.6 is 0 Å². The van der Waals surface area contributed by atoms with E-state index in [9.17, 15) is 0 Å². The molecule has 3 nitrogen and oxygen atoms in total. The van der Waals surface area contributed by atoms with Crippen molar-refractivity contribution in [3.63, 3.8) is 0 Å². The van der Waals surface area contributed by atoms with Crippen LogP contribution in [0.4, 0.5) is 0 Å². The van der Waals surface area contributed by atoms with E-state index < -0.39 is 0 Å². The first kappa shape index (κ1) is 14.6. The Morgan fingerprint density at radius 3 is 2.23 bits per heavy atom. The highest BCUT2D eigenvalue weighted by Gasteiger charge is 2.27. The Bertz CT molecular complexity index is 730. The van der Waals surface area contributed by atoms with Gasteiger partial charge in [-0.3, -0.25) is 0 Å². The quantitative estimate of drug-likeness (QED) is 0.812. The molecule has 0 saturated carbocycles. The lowest BCUT2D eigenvalue weighted by Gasteiger charge is -2.19. The molecule has 3 heteroatoms. The zero-order valence-corrected chi connectivity index (χ0v) is 13.6. The highest BCUT2D eigenvalue weighted by molar-refractivity contribution is 6.11. The van der Waals surface area contributed by atoms with E-state index in [1.165, 1.54) is 28.0 Å². The Hall–Kier alpha value is -2.29. The van der Waals surface area contributed by atoms with Crippen molar-refractivity contribution in [2.45, 2.75) is 13.3 Å². The molecule has 22 heavy (non-hydrogen) atoms. The van der Waals surface area contributed by atoms with E-state index in [0.29, 0.717) is 0 Å². The first-order chi connectivity index (χ1) is 10.6. The van der Waals surface area contributed by atoms with Crippen molar-refractivity contribution in [3.8, 4) is 11.5 Å². The number of aryl methyl sites for hydroxylation is 1. The van der Waals surface area contributed by atoms with Gasteiger partial charge in [-0.1, -0.05) is 17.7 Å². The van der Waals surface area contributed by atoms with Gasteiger partial charge in [0.05, 0.1) is 19.8 Å². The monoisotopic (exact) mass is 296 g/mol. The van der Waals surface area contributed by atoms with Gasteiger partial charge in [-0.2, -0.15) is 0 Å². The number of likely N-dealkylation sites (N-methyl/N-ethyl adjacent to an activating group) is 1. The van der Waals surface area contributed by atoms with Crippen molar-refractivity contribution in [2.24, 2.45) is 0 Å². The predicted octanol–water partition coefficient (Wildman–Crippen LogP) is 3.05. The van der Waals surface area contributed by atoms with Gasteiger partial charge in [0.15, 0.2) is 11.5 Å². The number of benzene rings is 2. The van der Waals surface area contributed by atoms with Crippen LogP contribution in [0.1, 0.15) is 22.3 Å². The van der Waals surface area contributed by atoms with Crippen LogP contribution < -0.4 is 9.47 Å². The first-order valence-electron chi connectivity index (χ1n) is 7.54. The first-order valence-corrected chi connectivity index (χ1v) is 7.54. The summed E-state index contributed by atoms with van der Waals surface area (Å²) in [6.07, 6.45) is 1.02. The van der Waals surface area contributed by atoms with Crippen molar-refractivity contribution in [2.75, 3.05) is 27.8 Å². The van der Waals surface area contributed by atoms with E-state index in [4.69, 9.17) is 9.47 Å². The number of nitrogens with zero attached hydrogens (tertiary/aromatic N) is 1. The predicted molar refractivity (Wildman–Crippen MR) is 88.7 cm³/mol. The number of hydrogen-bond donors (Lipinski definition) is 0. The normalized spacial score (nSPS) is 13.8. The summed E-state index contributed by atoms with van der Waals surface area (Å²) in [6.45, 7) is 3.12. The smallest absolute Gasteiger partial charge is 0.214 e. The van der Waals surface area contributed by atoms with Crippen LogP contribution in [0.3, 0.4) is 0 Å². The summed E-state index contributed by atoms with van der Waals surface area (Å²) < 4.78 is 13.2. The number of fused-ring (bicyclic) bond motifs is 1. The van der Waals surface area contributed by atoms with Gasteiger partial charge in [-0.25, -0.2) is 4.58 Å². The number of methoxy groups -OCH3 is 2. The molecule has 0 fully saturated rings. The molecule has 0 bridgehead atoms. The lowest BCUT2D eigenvalue weighted by molar-refractivity contribution is -0.497. The summed E-state index contributed by atoms with van der Waals surface area (Å²) in [6, 6.07) is 12.9. The maximum absolute atomic E-state index is 5.48. The molecule has 0 aromatic heterocycles. The van der Waals surface area contributed by atoms with Crippen molar-refractivity contribution < 1.29 is 14.0 Å². The molecular weight excluding hydrogens is 274 g/mol. The molecule has 114 valence electrons. The van der Waals surface area contributed by atoms with E-state index in [0.717, 1.165) is 24.5 Å². The molecule has 0 N–H and O–H groups in total. The van der Waals surface area contributed by atoms with Crippen LogP contribution in [0, 0.1) is 6.92 Å². The second-order valence-electron chi connectivity index (χ2n) is 5.75. The fourth-order valence-corrected chi connectivity index (χ4v) is 3.04. The highest BCUT2D eigenvalue weighted by atomic mass is 16.5. The summed E-state index contributed by atoms with van der Waals surface area (Å²) >= 11 is 0. The van der Waals surface area contributed by atoms with Gasteiger partial charge in [-0.05, 0) is 36.8 Å². The molecule has 0 radical (unpaired) electrons. The van der Waals surface area contributed by atoms with Gasteiger partial charge in [0.1, 0.15) is 13.6 Å². The van der Waals surface area contributed by atoms with Crippen LogP contribution in [0.5, 0.6) is 11.5 Å². The van der Waals surface area contributed by atoms with Crippen LogP contribution in [0.25, 0.3) is 0 Å². The molecule has 0 atom stereocenters. The van der Waals surface area contributed by atoms with Crippen molar-refractivity contribution >= 4 is 5.71 Å². The standard InChI is InChI=1S/C19H22NO2/c1-13-5-7-14(8-6-13)19-16-12-18(22-4)17(21-3)11-15(16)9-10-20(19)2/h5-8,11-12H,9-10H2,1-4H3/q+1. The molecule has 2 aromatic carbocycles. The van der Waals surface area contributed by atoms with Crippen molar-refractivity contribution in [1.82, 2.24) is 0 Å². The molecular formula is C19H22NO2+. The molecule has 0 unspecified atom stereocenters.